The molecule has 0 aliphatic carbocycles. The predicted octanol–water partition coefficient (Wildman–Crippen LogP) is 3.33. The number of carbonyl (C=O) groups excluding carboxylic acids is 1. The third kappa shape index (κ3) is 3.86. The molecule has 1 rings (SSSR count). The monoisotopic (exact) mass is 204 g/mol. The van der Waals surface area contributed by atoms with Crippen LogP contribution in [-0.2, 0) is 17.6 Å². The summed E-state index contributed by atoms with van der Waals surface area (Å²) >= 11 is 0. The van der Waals surface area contributed by atoms with E-state index in [0.29, 0.717) is 12.3 Å². The Labute approximate surface area is 92.5 Å². The van der Waals surface area contributed by atoms with E-state index in [9.17, 15) is 4.79 Å². The lowest BCUT2D eigenvalue weighted by molar-refractivity contribution is -0.107. The van der Waals surface area contributed by atoms with Gasteiger partial charge in [-0.25, -0.2) is 0 Å². The second kappa shape index (κ2) is 5.69. The highest BCUT2D eigenvalue weighted by atomic mass is 16.1. The molecule has 82 valence electrons. The molecule has 0 unspecified atom stereocenters. The SMILES string of the molecule is Cc1ccc(CCC=O)c(CC(C)C)c1. The molecule has 0 atom stereocenters. The van der Waals surface area contributed by atoms with Crippen molar-refractivity contribution < 1.29 is 4.79 Å². The Balaban J connectivity index is 2.86. The minimum atomic E-state index is 0.633. The maximum atomic E-state index is 10.4. The topological polar surface area (TPSA) is 17.1 Å². The highest BCUT2D eigenvalue weighted by Crippen LogP contribution is 2.17. The molecule has 0 aliphatic heterocycles. The van der Waals surface area contributed by atoms with Crippen molar-refractivity contribution in [1.29, 1.82) is 0 Å². The summed E-state index contributed by atoms with van der Waals surface area (Å²) in [5, 5.41) is 0. The van der Waals surface area contributed by atoms with Gasteiger partial charge in [0.15, 0.2) is 0 Å². The Morgan fingerprint density at radius 2 is 2.00 bits per heavy atom. The van der Waals surface area contributed by atoms with Gasteiger partial charge in [-0.2, -0.15) is 0 Å². The molecule has 15 heavy (non-hydrogen) atoms. The first-order valence-electron chi connectivity index (χ1n) is 5.65. The molecule has 0 saturated carbocycles. The summed E-state index contributed by atoms with van der Waals surface area (Å²) in [6, 6.07) is 6.54. The van der Waals surface area contributed by atoms with E-state index in [1.807, 2.05) is 0 Å². The first kappa shape index (κ1) is 12.0. The Kier molecular flexibility index (Phi) is 4.54. The lowest BCUT2D eigenvalue weighted by atomic mass is 9.94. The van der Waals surface area contributed by atoms with Crippen molar-refractivity contribution in [1.82, 2.24) is 0 Å². The third-order valence-electron chi connectivity index (χ3n) is 2.52. The summed E-state index contributed by atoms with van der Waals surface area (Å²) in [7, 11) is 0. The zero-order valence-electron chi connectivity index (χ0n) is 9.92. The van der Waals surface area contributed by atoms with Gasteiger partial charge in [-0.05, 0) is 36.8 Å². The van der Waals surface area contributed by atoms with Gasteiger partial charge in [0.2, 0.25) is 0 Å². The van der Waals surface area contributed by atoms with Crippen molar-refractivity contribution in [3.63, 3.8) is 0 Å². The van der Waals surface area contributed by atoms with Crippen molar-refractivity contribution in [3.05, 3.63) is 34.9 Å². The fraction of sp³-hybridized carbons (Fsp3) is 0.500. The van der Waals surface area contributed by atoms with E-state index in [0.717, 1.165) is 19.1 Å². The first-order chi connectivity index (χ1) is 7.13. The molecule has 0 aromatic heterocycles. The molecule has 1 aromatic rings. The summed E-state index contributed by atoms with van der Waals surface area (Å²) in [5.41, 5.74) is 4.05. The molecule has 1 aromatic carbocycles. The van der Waals surface area contributed by atoms with Crippen molar-refractivity contribution in [3.8, 4) is 0 Å². The number of rotatable bonds is 5. The quantitative estimate of drug-likeness (QED) is 0.672. The second-order valence-electron chi connectivity index (χ2n) is 4.58. The maximum Gasteiger partial charge on any atom is 0.120 e. The highest BCUT2D eigenvalue weighted by molar-refractivity contribution is 5.50. The van der Waals surface area contributed by atoms with Gasteiger partial charge in [0, 0.05) is 6.42 Å². The van der Waals surface area contributed by atoms with Gasteiger partial charge in [-0.15, -0.1) is 0 Å². The second-order valence-corrected chi connectivity index (χ2v) is 4.58. The average Bonchev–Trinajstić information content (AvgIpc) is 2.16. The molecular formula is C14H20O. The van der Waals surface area contributed by atoms with Crippen LogP contribution in [0.25, 0.3) is 0 Å². The first-order valence-corrected chi connectivity index (χ1v) is 5.65. The fourth-order valence-electron chi connectivity index (χ4n) is 1.84. The third-order valence-corrected chi connectivity index (χ3v) is 2.52. The van der Waals surface area contributed by atoms with Crippen LogP contribution in [0.2, 0.25) is 0 Å². The zero-order valence-corrected chi connectivity index (χ0v) is 9.92. The zero-order chi connectivity index (χ0) is 11.3. The molecule has 0 N–H and O–H groups in total. The lowest BCUT2D eigenvalue weighted by Crippen LogP contribution is -2.00. The molecule has 0 fully saturated rings. The van der Waals surface area contributed by atoms with E-state index in [1.165, 1.54) is 16.7 Å². The molecule has 0 saturated heterocycles. The van der Waals surface area contributed by atoms with Gasteiger partial charge in [0.25, 0.3) is 0 Å². The summed E-state index contributed by atoms with van der Waals surface area (Å²) in [4.78, 5) is 10.4. The standard InChI is InChI=1S/C14H20O/c1-11(2)9-14-10-12(3)6-7-13(14)5-4-8-15/h6-8,10-11H,4-5,9H2,1-3H3. The molecule has 0 radical (unpaired) electrons. The molecular weight excluding hydrogens is 184 g/mol. The van der Waals surface area contributed by atoms with E-state index >= 15 is 0 Å². The van der Waals surface area contributed by atoms with Crippen LogP contribution >= 0.6 is 0 Å². The van der Waals surface area contributed by atoms with Crippen LogP contribution in [0.3, 0.4) is 0 Å². The molecule has 0 bridgehead atoms. The summed E-state index contributed by atoms with van der Waals surface area (Å²) < 4.78 is 0. The van der Waals surface area contributed by atoms with E-state index in [4.69, 9.17) is 0 Å². The van der Waals surface area contributed by atoms with Crippen molar-refractivity contribution in [2.24, 2.45) is 5.92 Å². The number of hydrogen-bond donors (Lipinski definition) is 0. The van der Waals surface area contributed by atoms with Crippen molar-refractivity contribution >= 4 is 6.29 Å². The number of benzene rings is 1. The Morgan fingerprint density at radius 3 is 2.60 bits per heavy atom. The number of aryl methyl sites for hydroxylation is 2. The van der Waals surface area contributed by atoms with Gasteiger partial charge in [0.05, 0.1) is 0 Å². The van der Waals surface area contributed by atoms with E-state index in [1.54, 1.807) is 0 Å². The average molecular weight is 204 g/mol. The minimum Gasteiger partial charge on any atom is -0.303 e. The largest absolute Gasteiger partial charge is 0.303 e. The Morgan fingerprint density at radius 1 is 1.27 bits per heavy atom. The maximum absolute atomic E-state index is 10.4. The molecule has 1 heteroatoms. The van der Waals surface area contributed by atoms with Crippen LogP contribution < -0.4 is 0 Å². The van der Waals surface area contributed by atoms with Crippen LogP contribution in [0.15, 0.2) is 18.2 Å². The highest BCUT2D eigenvalue weighted by Gasteiger charge is 2.04. The number of carbonyl (C=O) groups is 1. The molecule has 0 heterocycles. The van der Waals surface area contributed by atoms with Crippen LogP contribution in [0.4, 0.5) is 0 Å². The van der Waals surface area contributed by atoms with Crippen LogP contribution in [0.1, 0.15) is 37.0 Å². The Bertz CT molecular complexity index is 326. The van der Waals surface area contributed by atoms with Crippen molar-refractivity contribution in [2.75, 3.05) is 0 Å². The predicted molar refractivity (Wildman–Crippen MR) is 64.1 cm³/mol. The van der Waals surface area contributed by atoms with Gasteiger partial charge in [0.1, 0.15) is 6.29 Å². The summed E-state index contributed by atoms with van der Waals surface area (Å²) in [5.74, 6) is 0.668. The minimum absolute atomic E-state index is 0.633. The number of hydrogen-bond acceptors (Lipinski definition) is 1. The van der Waals surface area contributed by atoms with Gasteiger partial charge in [-0.1, -0.05) is 37.6 Å². The molecule has 0 amide bonds. The van der Waals surface area contributed by atoms with Gasteiger partial charge >= 0.3 is 0 Å². The van der Waals surface area contributed by atoms with Gasteiger partial charge in [-0.3, -0.25) is 0 Å². The summed E-state index contributed by atoms with van der Waals surface area (Å²) in [6.45, 7) is 6.57. The van der Waals surface area contributed by atoms with Gasteiger partial charge < -0.3 is 4.79 Å². The van der Waals surface area contributed by atoms with E-state index < -0.39 is 0 Å². The summed E-state index contributed by atoms with van der Waals surface area (Å²) in [6.07, 6.45) is 3.62. The normalized spacial score (nSPS) is 10.7. The van der Waals surface area contributed by atoms with Crippen LogP contribution in [-0.4, -0.2) is 6.29 Å². The van der Waals surface area contributed by atoms with E-state index in [-0.39, 0.29) is 0 Å². The molecule has 0 spiro atoms. The van der Waals surface area contributed by atoms with Crippen molar-refractivity contribution in [2.45, 2.75) is 40.0 Å². The molecule has 0 aliphatic rings. The lowest BCUT2D eigenvalue weighted by Gasteiger charge is -2.11. The van der Waals surface area contributed by atoms with Crippen LogP contribution in [0.5, 0.6) is 0 Å². The number of aldehydes is 1. The van der Waals surface area contributed by atoms with Crippen LogP contribution in [0, 0.1) is 12.8 Å². The molecule has 1 nitrogen and oxygen atoms in total. The smallest absolute Gasteiger partial charge is 0.120 e. The fourth-order valence-corrected chi connectivity index (χ4v) is 1.84. The Hall–Kier alpha value is -1.11. The van der Waals surface area contributed by atoms with E-state index in [2.05, 4.69) is 39.0 Å².